The van der Waals surface area contributed by atoms with Gasteiger partial charge in [0.15, 0.2) is 0 Å². The minimum atomic E-state index is 0.528. The first-order valence-electron chi connectivity index (χ1n) is 4.19. The van der Waals surface area contributed by atoms with Gasteiger partial charge in [-0.05, 0) is 31.8 Å². The second-order valence-electron chi connectivity index (χ2n) is 3.21. The lowest BCUT2D eigenvalue weighted by molar-refractivity contribution is 0.402. The van der Waals surface area contributed by atoms with Crippen molar-refractivity contribution in [2.75, 3.05) is 14.1 Å². The first-order valence-corrected chi connectivity index (χ1v) is 4.57. The maximum absolute atomic E-state index is 8.43. The Hall–Kier alpha value is -0.705. The van der Waals surface area contributed by atoms with E-state index in [9.17, 15) is 0 Å². The fourth-order valence-electron chi connectivity index (χ4n) is 1.13. The highest BCUT2D eigenvalue weighted by Crippen LogP contribution is 2.22. The summed E-state index contributed by atoms with van der Waals surface area (Å²) in [6.45, 7) is 0.780. The molecule has 0 spiro atoms. The SMILES string of the molecule is CN(C)Cc1ccc(O[B]O)cc1Cl. The van der Waals surface area contributed by atoms with Gasteiger partial charge in [0.25, 0.3) is 0 Å². The van der Waals surface area contributed by atoms with Crippen LogP contribution in [-0.4, -0.2) is 31.7 Å². The molecule has 0 heterocycles. The number of halogens is 1. The lowest BCUT2D eigenvalue weighted by atomic mass is 10.2. The molecule has 0 amide bonds. The van der Waals surface area contributed by atoms with Gasteiger partial charge in [0, 0.05) is 11.6 Å². The molecule has 0 aromatic heterocycles. The minimum absolute atomic E-state index is 0.528. The first kappa shape index (κ1) is 11.4. The van der Waals surface area contributed by atoms with Gasteiger partial charge >= 0.3 is 7.69 Å². The summed E-state index contributed by atoms with van der Waals surface area (Å²) in [5.41, 5.74) is 1.03. The van der Waals surface area contributed by atoms with Crippen LogP contribution in [0.3, 0.4) is 0 Å². The second-order valence-corrected chi connectivity index (χ2v) is 3.62. The predicted octanol–water partition coefficient (Wildman–Crippen LogP) is 1.31. The Bertz CT molecular complexity index is 307. The smallest absolute Gasteiger partial charge is 0.537 e. The van der Waals surface area contributed by atoms with Crippen LogP contribution in [0.5, 0.6) is 5.75 Å². The molecule has 1 radical (unpaired) electrons. The van der Waals surface area contributed by atoms with Gasteiger partial charge in [0.2, 0.25) is 0 Å². The molecular weight excluding hydrogens is 200 g/mol. The van der Waals surface area contributed by atoms with Gasteiger partial charge < -0.3 is 14.6 Å². The highest BCUT2D eigenvalue weighted by molar-refractivity contribution is 6.31. The molecule has 0 aliphatic rings. The Balaban J connectivity index is 2.79. The Morgan fingerprint density at radius 2 is 2.21 bits per heavy atom. The van der Waals surface area contributed by atoms with Crippen molar-refractivity contribution < 1.29 is 9.68 Å². The van der Waals surface area contributed by atoms with Crippen molar-refractivity contribution in [3.05, 3.63) is 28.8 Å². The Kier molecular flexibility index (Phi) is 4.26. The van der Waals surface area contributed by atoms with Gasteiger partial charge in [-0.2, -0.15) is 0 Å². The van der Waals surface area contributed by atoms with Crippen LogP contribution in [0.25, 0.3) is 0 Å². The van der Waals surface area contributed by atoms with Crippen LogP contribution in [0.2, 0.25) is 5.02 Å². The molecule has 0 bridgehead atoms. The van der Waals surface area contributed by atoms with Gasteiger partial charge in [-0.15, -0.1) is 0 Å². The molecule has 3 nitrogen and oxygen atoms in total. The number of rotatable bonds is 4. The molecule has 0 saturated carbocycles. The summed E-state index contributed by atoms with van der Waals surface area (Å²) in [6.07, 6.45) is 0. The van der Waals surface area contributed by atoms with Crippen LogP contribution >= 0.6 is 11.6 Å². The Morgan fingerprint density at radius 3 is 2.71 bits per heavy atom. The van der Waals surface area contributed by atoms with E-state index in [2.05, 4.69) is 0 Å². The van der Waals surface area contributed by atoms with Crippen LogP contribution in [0, 0.1) is 0 Å². The average Bonchev–Trinajstić information content (AvgIpc) is 2.10. The standard InChI is InChI=1S/C9H12BClNO2/c1-12(2)6-7-3-4-8(14-10-13)5-9(7)11/h3-5,13H,6H2,1-2H3. The van der Waals surface area contributed by atoms with E-state index in [1.165, 1.54) is 0 Å². The molecule has 0 atom stereocenters. The molecule has 14 heavy (non-hydrogen) atoms. The molecule has 75 valence electrons. The lowest BCUT2D eigenvalue weighted by Crippen LogP contribution is -2.11. The molecule has 1 aromatic rings. The van der Waals surface area contributed by atoms with E-state index in [-0.39, 0.29) is 0 Å². The van der Waals surface area contributed by atoms with Crippen LogP contribution < -0.4 is 4.65 Å². The van der Waals surface area contributed by atoms with E-state index in [1.807, 2.05) is 25.1 Å². The summed E-state index contributed by atoms with van der Waals surface area (Å²) in [5.74, 6) is 0.528. The summed E-state index contributed by atoms with van der Waals surface area (Å²) < 4.78 is 4.78. The van der Waals surface area contributed by atoms with E-state index in [1.54, 1.807) is 12.1 Å². The largest absolute Gasteiger partial charge is 0.569 e. The van der Waals surface area contributed by atoms with E-state index in [0.29, 0.717) is 18.5 Å². The first-order chi connectivity index (χ1) is 6.63. The lowest BCUT2D eigenvalue weighted by Gasteiger charge is -2.12. The molecule has 5 heteroatoms. The van der Waals surface area contributed by atoms with Gasteiger partial charge in [0.1, 0.15) is 5.75 Å². The average molecular weight is 212 g/mol. The predicted molar refractivity (Wildman–Crippen MR) is 57.4 cm³/mol. The molecule has 0 unspecified atom stereocenters. The fraction of sp³-hybridized carbons (Fsp3) is 0.333. The summed E-state index contributed by atoms with van der Waals surface area (Å²) in [5, 5.41) is 9.06. The Morgan fingerprint density at radius 1 is 1.50 bits per heavy atom. The quantitative estimate of drug-likeness (QED) is 0.764. The van der Waals surface area contributed by atoms with Gasteiger partial charge in [-0.25, -0.2) is 0 Å². The van der Waals surface area contributed by atoms with Crippen molar-refractivity contribution in [2.24, 2.45) is 0 Å². The minimum Gasteiger partial charge on any atom is -0.537 e. The number of hydrogen-bond donors (Lipinski definition) is 1. The third-order valence-corrected chi connectivity index (χ3v) is 2.05. The molecule has 0 aliphatic carbocycles. The summed E-state index contributed by atoms with van der Waals surface area (Å²) in [4.78, 5) is 2.03. The van der Waals surface area contributed by atoms with E-state index in [0.717, 1.165) is 12.1 Å². The monoisotopic (exact) mass is 212 g/mol. The zero-order chi connectivity index (χ0) is 10.6. The summed E-state index contributed by atoms with van der Waals surface area (Å²) in [6, 6.07) is 5.31. The van der Waals surface area contributed by atoms with E-state index < -0.39 is 0 Å². The molecule has 1 aromatic carbocycles. The van der Waals surface area contributed by atoms with Crippen molar-refractivity contribution in [1.29, 1.82) is 0 Å². The van der Waals surface area contributed by atoms with Gasteiger partial charge in [0.05, 0.1) is 0 Å². The topological polar surface area (TPSA) is 32.7 Å². The van der Waals surface area contributed by atoms with Gasteiger partial charge in [-0.3, -0.25) is 0 Å². The zero-order valence-electron chi connectivity index (χ0n) is 8.20. The molecule has 0 fully saturated rings. The number of nitrogens with zero attached hydrogens (tertiary/aromatic N) is 1. The molecule has 1 rings (SSSR count). The number of hydrogen-bond acceptors (Lipinski definition) is 3. The van der Waals surface area contributed by atoms with Crippen LogP contribution in [0.4, 0.5) is 0 Å². The van der Waals surface area contributed by atoms with Crippen molar-refractivity contribution in [3.8, 4) is 5.75 Å². The van der Waals surface area contributed by atoms with Crippen LogP contribution in [0.1, 0.15) is 5.56 Å². The number of benzene rings is 1. The van der Waals surface area contributed by atoms with Crippen molar-refractivity contribution in [1.82, 2.24) is 4.90 Å². The second kappa shape index (κ2) is 5.24. The van der Waals surface area contributed by atoms with Crippen molar-refractivity contribution in [2.45, 2.75) is 6.54 Å². The fourth-order valence-corrected chi connectivity index (χ4v) is 1.36. The van der Waals surface area contributed by atoms with Crippen LogP contribution in [0.15, 0.2) is 18.2 Å². The zero-order valence-corrected chi connectivity index (χ0v) is 8.95. The Labute approximate surface area is 89.6 Å². The molecule has 0 aliphatic heterocycles. The summed E-state index contributed by atoms with van der Waals surface area (Å²) >= 11 is 6.01. The summed E-state index contributed by atoms with van der Waals surface area (Å²) in [7, 11) is 4.59. The maximum Gasteiger partial charge on any atom is 0.569 e. The third-order valence-electron chi connectivity index (χ3n) is 1.70. The molecular formula is C9H12BClNO2. The van der Waals surface area contributed by atoms with Gasteiger partial charge in [-0.1, -0.05) is 17.7 Å². The van der Waals surface area contributed by atoms with Crippen LogP contribution in [-0.2, 0) is 6.54 Å². The molecule has 0 saturated heterocycles. The highest BCUT2D eigenvalue weighted by Gasteiger charge is 2.03. The maximum atomic E-state index is 8.43. The van der Waals surface area contributed by atoms with E-state index in [4.69, 9.17) is 21.3 Å². The van der Waals surface area contributed by atoms with Crippen molar-refractivity contribution in [3.63, 3.8) is 0 Å². The molecule has 1 N–H and O–H groups in total. The van der Waals surface area contributed by atoms with Crippen molar-refractivity contribution >= 4 is 19.3 Å². The van der Waals surface area contributed by atoms with E-state index >= 15 is 0 Å². The normalized spacial score (nSPS) is 10.4. The highest BCUT2D eigenvalue weighted by atomic mass is 35.5. The third kappa shape index (κ3) is 3.22.